The molecule has 1 fully saturated rings. The van der Waals surface area contributed by atoms with Gasteiger partial charge in [0.1, 0.15) is 6.61 Å². The average Bonchev–Trinajstić information content (AvgIpc) is 2.32. The summed E-state index contributed by atoms with van der Waals surface area (Å²) < 4.78 is 10.7. The van der Waals surface area contributed by atoms with Crippen molar-refractivity contribution in [3.8, 4) is 11.5 Å². The molecule has 1 aromatic carbocycles. The summed E-state index contributed by atoms with van der Waals surface area (Å²) in [4.78, 5) is 12.5. The molecule has 0 N–H and O–H groups in total. The van der Waals surface area contributed by atoms with Crippen molar-refractivity contribution in [2.24, 2.45) is 0 Å². The lowest BCUT2D eigenvalue weighted by Crippen LogP contribution is -2.39. The number of nitrogens with zero attached hydrogens (tertiary/aromatic N) is 2. The summed E-state index contributed by atoms with van der Waals surface area (Å²) >= 11 is 0. The second kappa shape index (κ2) is 5.68. The van der Waals surface area contributed by atoms with Crippen LogP contribution in [0.5, 0.6) is 11.5 Å². The van der Waals surface area contributed by atoms with Gasteiger partial charge >= 0.3 is 0 Å². The van der Waals surface area contributed by atoms with Gasteiger partial charge < -0.3 is 9.47 Å². The van der Waals surface area contributed by atoms with Gasteiger partial charge in [0.15, 0.2) is 11.5 Å². The van der Waals surface area contributed by atoms with Gasteiger partial charge in [0.2, 0.25) is 0 Å². The molecule has 0 saturated carbocycles. The fraction of sp³-hybridized carbons (Fsp3) is 0.500. The van der Waals surface area contributed by atoms with Crippen LogP contribution in [-0.4, -0.2) is 43.2 Å². The molecule has 6 nitrogen and oxygen atoms in total. The monoisotopic (exact) mass is 252 g/mol. The highest BCUT2D eigenvalue weighted by atomic mass is 16.6. The van der Waals surface area contributed by atoms with Crippen LogP contribution in [0.4, 0.5) is 5.69 Å². The zero-order valence-corrected chi connectivity index (χ0v) is 10.3. The third-order valence-corrected chi connectivity index (χ3v) is 2.97. The molecule has 1 aromatic rings. The van der Waals surface area contributed by atoms with Crippen LogP contribution in [0.3, 0.4) is 0 Å². The topological polar surface area (TPSA) is 64.8 Å². The van der Waals surface area contributed by atoms with Crippen LogP contribution >= 0.6 is 0 Å². The normalized spacial score (nSPS) is 14.9. The fourth-order valence-corrected chi connectivity index (χ4v) is 1.78. The lowest BCUT2D eigenvalue weighted by molar-refractivity contribution is -0.384. The van der Waals surface area contributed by atoms with Gasteiger partial charge in [-0.1, -0.05) is 0 Å². The van der Waals surface area contributed by atoms with E-state index in [4.69, 9.17) is 9.47 Å². The number of hydrogen-bond donors (Lipinski definition) is 0. The van der Waals surface area contributed by atoms with Crippen molar-refractivity contribution in [2.75, 3.05) is 33.4 Å². The average molecular weight is 252 g/mol. The second-order valence-electron chi connectivity index (χ2n) is 4.14. The van der Waals surface area contributed by atoms with Crippen molar-refractivity contribution in [2.45, 2.75) is 6.42 Å². The summed E-state index contributed by atoms with van der Waals surface area (Å²) in [6.45, 7) is 3.69. The molecule has 1 saturated heterocycles. The van der Waals surface area contributed by atoms with E-state index in [1.165, 1.54) is 25.7 Å². The van der Waals surface area contributed by atoms with Gasteiger partial charge in [0.25, 0.3) is 5.69 Å². The Kier molecular flexibility index (Phi) is 3.99. The van der Waals surface area contributed by atoms with Gasteiger partial charge in [-0.15, -0.1) is 0 Å². The third kappa shape index (κ3) is 2.89. The highest BCUT2D eigenvalue weighted by Gasteiger charge is 2.15. The van der Waals surface area contributed by atoms with E-state index in [1.807, 2.05) is 0 Å². The molecule has 0 spiro atoms. The van der Waals surface area contributed by atoms with Crippen LogP contribution in [0.1, 0.15) is 6.42 Å². The molecule has 0 radical (unpaired) electrons. The van der Waals surface area contributed by atoms with Crippen molar-refractivity contribution in [3.05, 3.63) is 28.3 Å². The summed E-state index contributed by atoms with van der Waals surface area (Å²) in [6.07, 6.45) is 1.25. The fourth-order valence-electron chi connectivity index (χ4n) is 1.78. The van der Waals surface area contributed by atoms with Gasteiger partial charge in [-0.2, -0.15) is 0 Å². The number of benzene rings is 1. The molecule has 98 valence electrons. The Labute approximate surface area is 105 Å². The Morgan fingerprint density at radius 3 is 2.72 bits per heavy atom. The highest BCUT2D eigenvalue weighted by molar-refractivity contribution is 5.48. The molecule has 0 atom stereocenters. The van der Waals surface area contributed by atoms with E-state index in [0.717, 1.165) is 19.6 Å². The highest BCUT2D eigenvalue weighted by Crippen LogP contribution is 2.31. The number of likely N-dealkylation sites (tertiary alicyclic amines) is 1. The van der Waals surface area contributed by atoms with E-state index in [-0.39, 0.29) is 5.69 Å². The van der Waals surface area contributed by atoms with Gasteiger partial charge in [-0.25, -0.2) is 0 Å². The first-order valence-corrected chi connectivity index (χ1v) is 5.88. The Balaban J connectivity index is 1.95. The summed E-state index contributed by atoms with van der Waals surface area (Å²) in [5.41, 5.74) is 0.00180. The Bertz CT molecular complexity index is 432. The zero-order chi connectivity index (χ0) is 13.0. The predicted molar refractivity (Wildman–Crippen MR) is 66.2 cm³/mol. The number of rotatable bonds is 6. The molecular formula is C12H16N2O4. The van der Waals surface area contributed by atoms with Gasteiger partial charge in [0, 0.05) is 12.6 Å². The van der Waals surface area contributed by atoms with E-state index >= 15 is 0 Å². The van der Waals surface area contributed by atoms with Crippen molar-refractivity contribution in [3.63, 3.8) is 0 Å². The molecule has 6 heteroatoms. The van der Waals surface area contributed by atoms with Crippen molar-refractivity contribution < 1.29 is 14.4 Å². The minimum atomic E-state index is -0.452. The molecule has 2 rings (SSSR count). The third-order valence-electron chi connectivity index (χ3n) is 2.97. The van der Waals surface area contributed by atoms with Gasteiger partial charge in [-0.3, -0.25) is 15.0 Å². The first-order chi connectivity index (χ1) is 8.70. The maximum Gasteiger partial charge on any atom is 0.273 e. The summed E-state index contributed by atoms with van der Waals surface area (Å²) in [5.74, 6) is 0.941. The molecule has 1 aliphatic rings. The van der Waals surface area contributed by atoms with Crippen LogP contribution < -0.4 is 9.47 Å². The quantitative estimate of drug-likeness (QED) is 0.569. The zero-order valence-electron chi connectivity index (χ0n) is 10.3. The van der Waals surface area contributed by atoms with E-state index in [1.54, 1.807) is 6.07 Å². The standard InChI is InChI=1S/C12H16N2O4/c1-17-12-9-10(14(15)16)3-4-11(12)18-8-7-13-5-2-6-13/h3-4,9H,2,5-8H2,1H3. The van der Waals surface area contributed by atoms with Crippen molar-refractivity contribution >= 4 is 5.69 Å². The van der Waals surface area contributed by atoms with Crippen LogP contribution in [-0.2, 0) is 0 Å². The number of ether oxygens (including phenoxy) is 2. The minimum absolute atomic E-state index is 0.00180. The summed E-state index contributed by atoms with van der Waals surface area (Å²) in [7, 11) is 1.47. The second-order valence-corrected chi connectivity index (χ2v) is 4.14. The molecule has 0 aromatic heterocycles. The number of nitro groups is 1. The first-order valence-electron chi connectivity index (χ1n) is 5.88. The molecule has 0 aliphatic carbocycles. The van der Waals surface area contributed by atoms with Gasteiger partial charge in [0.05, 0.1) is 18.1 Å². The summed E-state index contributed by atoms with van der Waals surface area (Å²) in [6, 6.07) is 4.37. The molecule has 0 unspecified atom stereocenters. The van der Waals surface area contributed by atoms with Crippen LogP contribution in [0.15, 0.2) is 18.2 Å². The molecule has 1 heterocycles. The summed E-state index contributed by atoms with van der Waals surface area (Å²) in [5, 5.41) is 10.6. The first kappa shape index (κ1) is 12.6. The Morgan fingerprint density at radius 1 is 1.39 bits per heavy atom. The molecule has 1 aliphatic heterocycles. The van der Waals surface area contributed by atoms with E-state index in [2.05, 4.69) is 4.90 Å². The van der Waals surface area contributed by atoms with Gasteiger partial charge in [-0.05, 0) is 25.6 Å². The Morgan fingerprint density at radius 2 is 2.17 bits per heavy atom. The number of methoxy groups -OCH3 is 1. The number of non-ortho nitro benzene ring substituents is 1. The van der Waals surface area contributed by atoms with Crippen LogP contribution in [0.2, 0.25) is 0 Å². The van der Waals surface area contributed by atoms with E-state index < -0.39 is 4.92 Å². The van der Waals surface area contributed by atoms with Crippen molar-refractivity contribution in [1.29, 1.82) is 0 Å². The number of nitro benzene ring substituents is 1. The van der Waals surface area contributed by atoms with Crippen LogP contribution in [0, 0.1) is 10.1 Å². The molecular weight excluding hydrogens is 236 g/mol. The Hall–Kier alpha value is -1.82. The maximum atomic E-state index is 10.6. The number of hydrogen-bond acceptors (Lipinski definition) is 5. The SMILES string of the molecule is COc1cc([N+](=O)[O-])ccc1OCCN1CCC1. The van der Waals surface area contributed by atoms with E-state index in [0.29, 0.717) is 18.1 Å². The molecule has 0 amide bonds. The smallest absolute Gasteiger partial charge is 0.273 e. The maximum absolute atomic E-state index is 10.6. The molecule has 18 heavy (non-hydrogen) atoms. The lowest BCUT2D eigenvalue weighted by atomic mass is 10.2. The minimum Gasteiger partial charge on any atom is -0.493 e. The predicted octanol–water partition coefficient (Wildman–Crippen LogP) is 1.69. The van der Waals surface area contributed by atoms with E-state index in [9.17, 15) is 10.1 Å². The largest absolute Gasteiger partial charge is 0.493 e. The lowest BCUT2D eigenvalue weighted by Gasteiger charge is -2.30. The van der Waals surface area contributed by atoms with Crippen molar-refractivity contribution in [1.82, 2.24) is 4.90 Å². The van der Waals surface area contributed by atoms with Crippen LogP contribution in [0.25, 0.3) is 0 Å². The molecule has 0 bridgehead atoms.